The predicted octanol–water partition coefficient (Wildman–Crippen LogP) is 3.31. The molecule has 4 heteroatoms. The van der Waals surface area contributed by atoms with Crippen LogP contribution in [-0.4, -0.2) is 18.9 Å². The fourth-order valence-electron chi connectivity index (χ4n) is 2.67. The van der Waals surface area contributed by atoms with Crippen LogP contribution in [0.15, 0.2) is 12.1 Å². The standard InChI is InChI=1S/C14H18ClNO2/c1-14(2)17-12-7-10(6-11(15)13(12)18-14)9-4-3-5-16-8-9/h6-7,9,16H,3-5,8H2,1-2H3. The monoisotopic (exact) mass is 267 g/mol. The van der Waals surface area contributed by atoms with Gasteiger partial charge in [-0.05, 0) is 43.0 Å². The van der Waals surface area contributed by atoms with E-state index in [1.165, 1.54) is 18.4 Å². The van der Waals surface area contributed by atoms with E-state index in [9.17, 15) is 0 Å². The summed E-state index contributed by atoms with van der Waals surface area (Å²) in [5.41, 5.74) is 1.24. The lowest BCUT2D eigenvalue weighted by molar-refractivity contribution is -0.0431. The van der Waals surface area contributed by atoms with E-state index in [2.05, 4.69) is 11.4 Å². The van der Waals surface area contributed by atoms with Crippen LogP contribution in [0.1, 0.15) is 38.2 Å². The normalized spacial score (nSPS) is 25.2. The molecule has 1 N–H and O–H groups in total. The third kappa shape index (κ3) is 2.17. The van der Waals surface area contributed by atoms with E-state index in [0.717, 1.165) is 18.8 Å². The van der Waals surface area contributed by atoms with Crippen molar-refractivity contribution in [2.45, 2.75) is 38.4 Å². The third-order valence-electron chi connectivity index (χ3n) is 3.50. The summed E-state index contributed by atoms with van der Waals surface area (Å²) in [4.78, 5) is 0. The molecule has 0 amide bonds. The molecule has 1 aromatic rings. The molecule has 1 aromatic carbocycles. The maximum Gasteiger partial charge on any atom is 0.246 e. The molecule has 2 aliphatic heterocycles. The highest BCUT2D eigenvalue weighted by Crippen LogP contribution is 2.46. The lowest BCUT2D eigenvalue weighted by Gasteiger charge is -2.23. The minimum absolute atomic E-state index is 0.522. The zero-order valence-electron chi connectivity index (χ0n) is 10.8. The van der Waals surface area contributed by atoms with Gasteiger partial charge in [0.1, 0.15) is 0 Å². The summed E-state index contributed by atoms with van der Waals surface area (Å²) in [7, 11) is 0. The van der Waals surface area contributed by atoms with E-state index in [0.29, 0.717) is 16.7 Å². The van der Waals surface area contributed by atoms with Crippen LogP contribution in [0.4, 0.5) is 0 Å². The van der Waals surface area contributed by atoms with E-state index in [-0.39, 0.29) is 0 Å². The number of benzene rings is 1. The fraction of sp³-hybridized carbons (Fsp3) is 0.571. The van der Waals surface area contributed by atoms with Gasteiger partial charge in [0.2, 0.25) is 5.79 Å². The second kappa shape index (κ2) is 4.32. The van der Waals surface area contributed by atoms with Gasteiger partial charge in [-0.25, -0.2) is 0 Å². The average molecular weight is 268 g/mol. The molecule has 0 spiro atoms. The third-order valence-corrected chi connectivity index (χ3v) is 3.78. The van der Waals surface area contributed by atoms with Crippen molar-refractivity contribution in [1.29, 1.82) is 0 Å². The molecule has 98 valence electrons. The molecule has 3 nitrogen and oxygen atoms in total. The Hall–Kier alpha value is -0.930. The van der Waals surface area contributed by atoms with Crippen molar-refractivity contribution < 1.29 is 9.47 Å². The largest absolute Gasteiger partial charge is 0.449 e. The number of halogens is 1. The molecule has 1 fully saturated rings. The minimum Gasteiger partial charge on any atom is -0.449 e. The first kappa shape index (κ1) is 12.1. The molecular weight excluding hydrogens is 250 g/mol. The van der Waals surface area contributed by atoms with Gasteiger partial charge in [0.05, 0.1) is 5.02 Å². The minimum atomic E-state index is -0.616. The highest BCUT2D eigenvalue weighted by atomic mass is 35.5. The maximum absolute atomic E-state index is 6.30. The zero-order chi connectivity index (χ0) is 12.8. The van der Waals surface area contributed by atoms with E-state index < -0.39 is 5.79 Å². The summed E-state index contributed by atoms with van der Waals surface area (Å²) < 4.78 is 11.5. The predicted molar refractivity (Wildman–Crippen MR) is 71.6 cm³/mol. The summed E-state index contributed by atoms with van der Waals surface area (Å²) >= 11 is 6.30. The van der Waals surface area contributed by atoms with Crippen molar-refractivity contribution in [2.24, 2.45) is 0 Å². The van der Waals surface area contributed by atoms with Gasteiger partial charge in [-0.15, -0.1) is 0 Å². The first-order chi connectivity index (χ1) is 8.55. The van der Waals surface area contributed by atoms with Gasteiger partial charge < -0.3 is 14.8 Å². The van der Waals surface area contributed by atoms with Gasteiger partial charge in [-0.1, -0.05) is 11.6 Å². The highest BCUT2D eigenvalue weighted by molar-refractivity contribution is 6.32. The quantitative estimate of drug-likeness (QED) is 0.847. The second-order valence-corrected chi connectivity index (χ2v) is 5.88. The molecule has 0 bridgehead atoms. The van der Waals surface area contributed by atoms with Crippen molar-refractivity contribution in [3.05, 3.63) is 22.7 Å². The van der Waals surface area contributed by atoms with Crippen LogP contribution in [0.25, 0.3) is 0 Å². The Morgan fingerprint density at radius 1 is 1.33 bits per heavy atom. The number of hydrogen-bond acceptors (Lipinski definition) is 3. The number of hydrogen-bond donors (Lipinski definition) is 1. The maximum atomic E-state index is 6.30. The zero-order valence-corrected chi connectivity index (χ0v) is 11.5. The summed E-state index contributed by atoms with van der Waals surface area (Å²) in [5.74, 6) is 1.35. The Kier molecular flexibility index (Phi) is 2.91. The molecule has 18 heavy (non-hydrogen) atoms. The van der Waals surface area contributed by atoms with Crippen LogP contribution >= 0.6 is 11.6 Å². The van der Waals surface area contributed by atoms with Crippen molar-refractivity contribution in [3.63, 3.8) is 0 Å². The molecule has 0 aliphatic carbocycles. The Labute approximate surface area is 112 Å². The van der Waals surface area contributed by atoms with Gasteiger partial charge in [-0.2, -0.15) is 0 Å². The molecule has 2 aliphatic rings. The number of rotatable bonds is 1. The molecule has 0 aromatic heterocycles. The Balaban J connectivity index is 1.93. The van der Waals surface area contributed by atoms with Crippen molar-refractivity contribution in [3.8, 4) is 11.5 Å². The summed E-state index contributed by atoms with van der Waals surface area (Å²) in [6.45, 7) is 5.91. The van der Waals surface area contributed by atoms with Gasteiger partial charge >= 0.3 is 0 Å². The molecular formula is C14H18ClNO2. The molecule has 1 saturated heterocycles. The van der Waals surface area contributed by atoms with Crippen LogP contribution in [-0.2, 0) is 0 Å². The van der Waals surface area contributed by atoms with Crippen LogP contribution in [0.5, 0.6) is 11.5 Å². The highest BCUT2D eigenvalue weighted by Gasteiger charge is 2.34. The van der Waals surface area contributed by atoms with Crippen molar-refractivity contribution >= 4 is 11.6 Å². The lowest BCUT2D eigenvalue weighted by atomic mass is 9.91. The summed E-state index contributed by atoms with van der Waals surface area (Å²) in [6, 6.07) is 4.09. The SMILES string of the molecule is CC1(C)Oc2cc(C3CCCNC3)cc(Cl)c2O1. The lowest BCUT2D eigenvalue weighted by Crippen LogP contribution is -2.29. The number of ether oxygens (including phenoxy) is 2. The number of nitrogens with one attached hydrogen (secondary N) is 1. The topological polar surface area (TPSA) is 30.5 Å². The van der Waals surface area contributed by atoms with Crippen LogP contribution in [0, 0.1) is 0 Å². The van der Waals surface area contributed by atoms with Crippen molar-refractivity contribution in [2.75, 3.05) is 13.1 Å². The molecule has 0 radical (unpaired) electrons. The van der Waals surface area contributed by atoms with Crippen LogP contribution in [0.3, 0.4) is 0 Å². The molecule has 1 atom stereocenters. The fourth-order valence-corrected chi connectivity index (χ4v) is 2.92. The molecule has 1 unspecified atom stereocenters. The number of fused-ring (bicyclic) bond motifs is 1. The van der Waals surface area contributed by atoms with Gasteiger partial charge in [-0.3, -0.25) is 0 Å². The Morgan fingerprint density at radius 3 is 2.89 bits per heavy atom. The van der Waals surface area contributed by atoms with E-state index in [1.54, 1.807) is 0 Å². The number of piperidine rings is 1. The average Bonchev–Trinajstić information content (AvgIpc) is 2.65. The van der Waals surface area contributed by atoms with E-state index in [4.69, 9.17) is 21.1 Å². The van der Waals surface area contributed by atoms with Gasteiger partial charge in [0, 0.05) is 20.4 Å². The smallest absolute Gasteiger partial charge is 0.246 e. The molecule has 2 heterocycles. The van der Waals surface area contributed by atoms with Gasteiger partial charge in [0.25, 0.3) is 0 Å². The van der Waals surface area contributed by atoms with E-state index >= 15 is 0 Å². The first-order valence-corrected chi connectivity index (χ1v) is 6.85. The summed E-state index contributed by atoms with van der Waals surface area (Å²) in [6.07, 6.45) is 2.41. The van der Waals surface area contributed by atoms with Crippen molar-refractivity contribution in [1.82, 2.24) is 5.32 Å². The summed E-state index contributed by atoms with van der Waals surface area (Å²) in [5, 5.41) is 4.07. The van der Waals surface area contributed by atoms with Crippen LogP contribution < -0.4 is 14.8 Å². The van der Waals surface area contributed by atoms with Crippen LogP contribution in [0.2, 0.25) is 5.02 Å². The van der Waals surface area contributed by atoms with E-state index in [1.807, 2.05) is 19.9 Å². The Bertz CT molecular complexity index is 467. The van der Waals surface area contributed by atoms with Gasteiger partial charge in [0.15, 0.2) is 11.5 Å². The second-order valence-electron chi connectivity index (χ2n) is 5.48. The Morgan fingerprint density at radius 2 is 2.17 bits per heavy atom. The molecule has 0 saturated carbocycles. The molecule has 3 rings (SSSR count). The first-order valence-electron chi connectivity index (χ1n) is 6.47.